The highest BCUT2D eigenvalue weighted by Crippen LogP contribution is 2.37. The predicted molar refractivity (Wildman–Crippen MR) is 71.8 cm³/mol. The molecule has 0 amide bonds. The molecule has 0 spiro atoms. The molecule has 1 aromatic heterocycles. The number of aryl methyl sites for hydroxylation is 1. The van der Waals surface area contributed by atoms with E-state index in [4.69, 9.17) is 5.84 Å². The number of rotatable bonds is 4. The zero-order valence-electron chi connectivity index (χ0n) is 10.0. The lowest BCUT2D eigenvalue weighted by atomic mass is 10.3. The van der Waals surface area contributed by atoms with E-state index in [1.54, 1.807) is 30.5 Å². The van der Waals surface area contributed by atoms with Crippen LogP contribution >= 0.6 is 11.8 Å². The number of nitrogens with one attached hydrogen (secondary N) is 1. The number of nitro groups is 1. The van der Waals surface area contributed by atoms with Gasteiger partial charge in [-0.2, -0.15) is 0 Å². The van der Waals surface area contributed by atoms with Crippen LogP contribution in [0.1, 0.15) is 5.69 Å². The first kappa shape index (κ1) is 13.2. The van der Waals surface area contributed by atoms with Crippen LogP contribution in [-0.4, -0.2) is 14.9 Å². The Morgan fingerprint density at radius 1 is 1.42 bits per heavy atom. The maximum atomic E-state index is 11.1. The fraction of sp³-hybridized carbons (Fsp3) is 0.0909. The van der Waals surface area contributed by atoms with Gasteiger partial charge in [-0.05, 0) is 36.9 Å². The van der Waals surface area contributed by atoms with Crippen molar-refractivity contribution in [3.8, 4) is 0 Å². The van der Waals surface area contributed by atoms with Crippen LogP contribution in [0.4, 0.5) is 11.4 Å². The first-order valence-corrected chi connectivity index (χ1v) is 6.15. The van der Waals surface area contributed by atoms with E-state index in [0.29, 0.717) is 10.1 Å². The van der Waals surface area contributed by atoms with E-state index in [-0.39, 0.29) is 11.4 Å². The number of hydrogen-bond donors (Lipinski definition) is 2. The Kier molecular flexibility index (Phi) is 3.93. The molecule has 98 valence electrons. The average Bonchev–Trinajstić information content (AvgIpc) is 2.38. The van der Waals surface area contributed by atoms with Crippen LogP contribution in [0, 0.1) is 17.0 Å². The third-order valence-electron chi connectivity index (χ3n) is 2.31. The summed E-state index contributed by atoms with van der Waals surface area (Å²) in [6, 6.07) is 6.62. The van der Waals surface area contributed by atoms with Crippen LogP contribution in [0.3, 0.4) is 0 Å². The molecule has 0 fully saturated rings. The highest BCUT2D eigenvalue weighted by atomic mass is 32.2. The van der Waals surface area contributed by atoms with Crippen molar-refractivity contribution < 1.29 is 4.92 Å². The Morgan fingerprint density at radius 3 is 2.84 bits per heavy atom. The predicted octanol–water partition coefficient (Wildman–Crippen LogP) is 2.13. The molecule has 2 aromatic rings. The highest BCUT2D eigenvalue weighted by Gasteiger charge is 2.20. The number of nitrogens with zero attached hydrogens (tertiary/aromatic N) is 3. The van der Waals surface area contributed by atoms with Gasteiger partial charge >= 0.3 is 5.69 Å². The second-order valence-electron chi connectivity index (χ2n) is 3.64. The monoisotopic (exact) mass is 277 g/mol. The number of hydrazine groups is 1. The van der Waals surface area contributed by atoms with Gasteiger partial charge in [0.25, 0.3) is 0 Å². The van der Waals surface area contributed by atoms with Crippen LogP contribution in [0.25, 0.3) is 0 Å². The Morgan fingerprint density at radius 2 is 2.21 bits per heavy atom. The first-order valence-electron chi connectivity index (χ1n) is 5.33. The summed E-state index contributed by atoms with van der Waals surface area (Å²) in [4.78, 5) is 19.3. The zero-order chi connectivity index (χ0) is 13.8. The minimum Gasteiger partial charge on any atom is -0.318 e. The Balaban J connectivity index is 2.42. The van der Waals surface area contributed by atoms with Crippen molar-refractivity contribution in [1.82, 2.24) is 9.97 Å². The second kappa shape index (κ2) is 5.63. The molecule has 19 heavy (non-hydrogen) atoms. The van der Waals surface area contributed by atoms with Gasteiger partial charge in [-0.1, -0.05) is 6.07 Å². The van der Waals surface area contributed by atoms with Gasteiger partial charge in [0.05, 0.1) is 9.82 Å². The van der Waals surface area contributed by atoms with Gasteiger partial charge in [-0.25, -0.2) is 9.97 Å². The summed E-state index contributed by atoms with van der Waals surface area (Å²) in [6.07, 6.45) is 1.61. The molecular formula is C11H11N5O2S. The van der Waals surface area contributed by atoms with Crippen molar-refractivity contribution in [2.45, 2.75) is 17.0 Å². The molecule has 0 aliphatic carbocycles. The van der Waals surface area contributed by atoms with Crippen molar-refractivity contribution in [3.63, 3.8) is 0 Å². The van der Waals surface area contributed by atoms with E-state index in [1.165, 1.54) is 0 Å². The number of anilines is 1. The molecule has 8 heteroatoms. The molecule has 0 saturated heterocycles. The molecule has 0 aliphatic heterocycles. The fourth-order valence-corrected chi connectivity index (χ4v) is 2.41. The van der Waals surface area contributed by atoms with Crippen LogP contribution in [0.15, 0.2) is 40.5 Å². The molecule has 7 nitrogen and oxygen atoms in total. The molecule has 0 aliphatic rings. The molecule has 3 N–H and O–H groups in total. The summed E-state index contributed by atoms with van der Waals surface area (Å²) in [7, 11) is 0. The molecule has 1 aromatic carbocycles. The number of benzene rings is 1. The summed E-state index contributed by atoms with van der Waals surface area (Å²) in [5, 5.41) is 11.6. The van der Waals surface area contributed by atoms with Crippen molar-refractivity contribution in [1.29, 1.82) is 0 Å². The molecule has 0 radical (unpaired) electrons. The topological polar surface area (TPSA) is 107 Å². The van der Waals surface area contributed by atoms with Crippen molar-refractivity contribution in [3.05, 3.63) is 46.3 Å². The Bertz CT molecular complexity index is 620. The van der Waals surface area contributed by atoms with Crippen LogP contribution in [-0.2, 0) is 0 Å². The smallest absolute Gasteiger partial charge is 0.307 e. The maximum Gasteiger partial charge on any atom is 0.307 e. The van der Waals surface area contributed by atoms with Gasteiger partial charge < -0.3 is 5.43 Å². The Labute approximate surface area is 113 Å². The number of hydrogen-bond acceptors (Lipinski definition) is 7. The number of nitrogens with two attached hydrogens (primary N) is 1. The average molecular weight is 277 g/mol. The normalized spacial score (nSPS) is 10.2. The van der Waals surface area contributed by atoms with E-state index < -0.39 is 4.92 Å². The van der Waals surface area contributed by atoms with Gasteiger partial charge in [-0.3, -0.25) is 16.0 Å². The fourth-order valence-electron chi connectivity index (χ4n) is 1.48. The molecular weight excluding hydrogens is 266 g/mol. The standard InChI is InChI=1S/C11H11N5O2S/c1-7-5-6-13-11(14-7)19-9-4-2-3-8(15-12)10(9)16(17)18/h2-6,15H,12H2,1H3. The summed E-state index contributed by atoms with van der Waals surface area (Å²) >= 11 is 1.13. The van der Waals surface area contributed by atoms with Gasteiger partial charge in [0, 0.05) is 11.9 Å². The minimum absolute atomic E-state index is 0.0832. The molecule has 1 heterocycles. The SMILES string of the molecule is Cc1ccnc(Sc2cccc(NN)c2[N+](=O)[O-])n1. The lowest BCUT2D eigenvalue weighted by Gasteiger charge is -2.06. The van der Waals surface area contributed by atoms with Gasteiger partial charge in [0.15, 0.2) is 5.16 Å². The Hall–Kier alpha value is -2.19. The van der Waals surface area contributed by atoms with Gasteiger partial charge in [-0.15, -0.1) is 0 Å². The molecule has 0 bridgehead atoms. The number of aromatic nitrogens is 2. The van der Waals surface area contributed by atoms with E-state index in [9.17, 15) is 10.1 Å². The van der Waals surface area contributed by atoms with Crippen LogP contribution < -0.4 is 11.3 Å². The van der Waals surface area contributed by atoms with Gasteiger partial charge in [0.2, 0.25) is 0 Å². The van der Waals surface area contributed by atoms with Crippen molar-refractivity contribution in [2.24, 2.45) is 5.84 Å². The van der Waals surface area contributed by atoms with Crippen molar-refractivity contribution in [2.75, 3.05) is 5.43 Å². The third kappa shape index (κ3) is 2.98. The van der Waals surface area contributed by atoms with E-state index in [1.807, 2.05) is 6.92 Å². The second-order valence-corrected chi connectivity index (χ2v) is 4.65. The van der Waals surface area contributed by atoms with E-state index in [0.717, 1.165) is 17.5 Å². The van der Waals surface area contributed by atoms with E-state index in [2.05, 4.69) is 15.4 Å². The maximum absolute atomic E-state index is 11.1. The zero-order valence-corrected chi connectivity index (χ0v) is 10.8. The van der Waals surface area contributed by atoms with Gasteiger partial charge in [0.1, 0.15) is 5.69 Å². The number of nitro benzene ring substituents is 1. The highest BCUT2D eigenvalue weighted by molar-refractivity contribution is 7.99. The number of para-hydroxylation sites is 1. The molecule has 0 saturated carbocycles. The molecule has 0 unspecified atom stereocenters. The van der Waals surface area contributed by atoms with E-state index >= 15 is 0 Å². The first-order chi connectivity index (χ1) is 9.11. The number of nitrogen functional groups attached to an aromatic ring is 1. The third-order valence-corrected chi connectivity index (χ3v) is 3.24. The minimum atomic E-state index is -0.479. The summed E-state index contributed by atoms with van der Waals surface area (Å²) in [5.41, 5.74) is 3.29. The lowest BCUT2D eigenvalue weighted by molar-refractivity contribution is -0.386. The largest absolute Gasteiger partial charge is 0.318 e. The summed E-state index contributed by atoms with van der Waals surface area (Å²) in [5.74, 6) is 5.28. The molecule has 2 rings (SSSR count). The van der Waals surface area contributed by atoms with Crippen LogP contribution in [0.2, 0.25) is 0 Å². The lowest BCUT2D eigenvalue weighted by Crippen LogP contribution is -2.09. The van der Waals surface area contributed by atoms with Crippen LogP contribution in [0.5, 0.6) is 0 Å². The quantitative estimate of drug-likeness (QED) is 0.381. The van der Waals surface area contributed by atoms with Crippen molar-refractivity contribution >= 4 is 23.1 Å². The summed E-state index contributed by atoms with van der Waals surface area (Å²) in [6.45, 7) is 1.83. The summed E-state index contributed by atoms with van der Waals surface area (Å²) < 4.78 is 0. The molecule has 0 atom stereocenters.